The Morgan fingerprint density at radius 2 is 2.00 bits per heavy atom. The molecular weight excluding hydrogens is 351 g/mol. The van der Waals surface area contributed by atoms with Gasteiger partial charge in [-0.1, -0.05) is 17.7 Å². The van der Waals surface area contributed by atoms with Crippen LogP contribution in [0.3, 0.4) is 0 Å². The van der Waals surface area contributed by atoms with Crippen LogP contribution in [0.15, 0.2) is 24.4 Å². The number of rotatable bonds is 4. The third kappa shape index (κ3) is 3.20. The van der Waals surface area contributed by atoms with Crippen LogP contribution in [0.2, 0.25) is 5.15 Å². The molecule has 0 saturated heterocycles. The number of aldehydes is 1. The van der Waals surface area contributed by atoms with Gasteiger partial charge in [0.25, 0.3) is 5.88 Å². The van der Waals surface area contributed by atoms with Crippen LogP contribution in [0.5, 0.6) is 5.88 Å². The van der Waals surface area contributed by atoms with Crippen molar-refractivity contribution in [3.05, 3.63) is 35.1 Å². The lowest BCUT2D eigenvalue weighted by atomic mass is 10.4. The largest absolute Gasteiger partial charge is 0.534 e. The van der Waals surface area contributed by atoms with Crippen LogP contribution in [-0.2, 0) is 10.1 Å². The summed E-state index contributed by atoms with van der Waals surface area (Å²) >= 11 is 5.64. The Hall–Kier alpha value is -2.14. The van der Waals surface area contributed by atoms with Gasteiger partial charge < -0.3 is 4.18 Å². The first-order valence-electron chi connectivity index (χ1n) is 5.32. The Bertz CT molecular complexity index is 819. The second-order valence-corrected chi connectivity index (χ2v) is 5.68. The lowest BCUT2D eigenvalue weighted by Gasteiger charge is -2.07. The molecule has 2 aromatic rings. The maximum absolute atomic E-state index is 12.3. The highest BCUT2D eigenvalue weighted by molar-refractivity contribution is 7.87. The molecule has 0 unspecified atom stereocenters. The van der Waals surface area contributed by atoms with Gasteiger partial charge in [0.15, 0.2) is 12.1 Å². The van der Waals surface area contributed by atoms with Crippen LogP contribution in [-0.4, -0.2) is 35.0 Å². The van der Waals surface area contributed by atoms with Crippen LogP contribution in [0.1, 0.15) is 10.4 Å². The average Bonchev–Trinajstić information content (AvgIpc) is 2.79. The molecule has 0 radical (unpaired) electrons. The lowest BCUT2D eigenvalue weighted by molar-refractivity contribution is -0.0501. The van der Waals surface area contributed by atoms with E-state index >= 15 is 0 Å². The van der Waals surface area contributed by atoms with Crippen molar-refractivity contribution in [2.45, 2.75) is 5.51 Å². The van der Waals surface area contributed by atoms with E-state index in [4.69, 9.17) is 11.6 Å². The number of carbonyl (C=O) groups is 1. The minimum absolute atomic E-state index is 0.0508. The molecule has 0 bridgehead atoms. The molecule has 2 aromatic heterocycles. The summed E-state index contributed by atoms with van der Waals surface area (Å²) in [4.78, 5) is 14.6. The number of halogens is 4. The van der Waals surface area contributed by atoms with E-state index in [1.165, 1.54) is 18.2 Å². The molecule has 0 amide bonds. The highest BCUT2D eigenvalue weighted by Crippen LogP contribution is 2.28. The van der Waals surface area contributed by atoms with Crippen LogP contribution < -0.4 is 4.18 Å². The van der Waals surface area contributed by atoms with Gasteiger partial charge in [-0.15, -0.1) is 5.10 Å². The van der Waals surface area contributed by atoms with Gasteiger partial charge in [0.1, 0.15) is 5.15 Å². The first-order chi connectivity index (χ1) is 10.1. The standard InChI is InChI=1S/C10H5ClF3N3O4S/c11-7-2-1-3-8(15-7)17-4-6(5-18)9(16-17)21-22(19,20)10(12,13)14/h1-5H. The molecule has 0 aliphatic heterocycles. The van der Waals surface area contributed by atoms with Crippen LogP contribution in [0.25, 0.3) is 5.82 Å². The van der Waals surface area contributed by atoms with Gasteiger partial charge in [-0.05, 0) is 12.1 Å². The minimum atomic E-state index is -5.94. The molecule has 0 spiro atoms. The van der Waals surface area contributed by atoms with Gasteiger partial charge in [0, 0.05) is 6.20 Å². The van der Waals surface area contributed by atoms with Gasteiger partial charge in [0.05, 0.1) is 5.56 Å². The van der Waals surface area contributed by atoms with Crippen molar-refractivity contribution in [1.82, 2.24) is 14.8 Å². The summed E-state index contributed by atoms with van der Waals surface area (Å²) in [5, 5.41) is 3.52. The summed E-state index contributed by atoms with van der Waals surface area (Å²) in [5.74, 6) is -0.969. The predicted molar refractivity (Wildman–Crippen MR) is 67.4 cm³/mol. The number of aromatic nitrogens is 3. The Morgan fingerprint density at radius 1 is 1.32 bits per heavy atom. The van der Waals surface area contributed by atoms with Crippen molar-refractivity contribution < 1.29 is 30.6 Å². The van der Waals surface area contributed by atoms with E-state index in [1.807, 2.05) is 0 Å². The van der Waals surface area contributed by atoms with Crippen molar-refractivity contribution in [2.75, 3.05) is 0 Å². The molecule has 0 saturated carbocycles. The molecule has 0 fully saturated rings. The first kappa shape index (κ1) is 16.2. The quantitative estimate of drug-likeness (QED) is 0.360. The maximum Gasteiger partial charge on any atom is 0.534 e. The fourth-order valence-corrected chi connectivity index (χ4v) is 1.90. The van der Waals surface area contributed by atoms with Gasteiger partial charge in [-0.3, -0.25) is 4.79 Å². The summed E-state index contributed by atoms with van der Waals surface area (Å²) in [5.41, 5.74) is -6.15. The Morgan fingerprint density at radius 3 is 2.55 bits per heavy atom. The van der Waals surface area contributed by atoms with Crippen molar-refractivity contribution in [3.8, 4) is 11.7 Å². The number of hydrogen-bond donors (Lipinski definition) is 0. The first-order valence-corrected chi connectivity index (χ1v) is 7.11. The summed E-state index contributed by atoms with van der Waals surface area (Å²) in [6.07, 6.45) is 1.04. The van der Waals surface area contributed by atoms with E-state index in [9.17, 15) is 26.4 Å². The number of alkyl halides is 3. The highest BCUT2D eigenvalue weighted by Gasteiger charge is 2.49. The summed E-state index contributed by atoms with van der Waals surface area (Å²) < 4.78 is 63.4. The van der Waals surface area contributed by atoms with Crippen molar-refractivity contribution in [2.24, 2.45) is 0 Å². The lowest BCUT2D eigenvalue weighted by Crippen LogP contribution is -2.28. The Labute approximate surface area is 126 Å². The van der Waals surface area contributed by atoms with Crippen LogP contribution >= 0.6 is 11.6 Å². The van der Waals surface area contributed by atoms with Crippen LogP contribution in [0.4, 0.5) is 13.2 Å². The molecule has 0 aliphatic carbocycles. The molecule has 118 valence electrons. The third-order valence-electron chi connectivity index (χ3n) is 2.24. The summed E-state index contributed by atoms with van der Waals surface area (Å²) in [7, 11) is -5.94. The Balaban J connectivity index is 2.45. The highest BCUT2D eigenvalue weighted by atomic mass is 35.5. The van der Waals surface area contributed by atoms with Crippen molar-refractivity contribution in [3.63, 3.8) is 0 Å². The summed E-state index contributed by atoms with van der Waals surface area (Å²) in [6.45, 7) is 0. The molecule has 7 nitrogen and oxygen atoms in total. The third-order valence-corrected chi connectivity index (χ3v) is 3.40. The van der Waals surface area contributed by atoms with Gasteiger partial charge in [0.2, 0.25) is 0 Å². The fraction of sp³-hybridized carbons (Fsp3) is 0.100. The zero-order chi connectivity index (χ0) is 16.5. The molecule has 12 heteroatoms. The minimum Gasteiger partial charge on any atom is -0.353 e. The van der Waals surface area contributed by atoms with E-state index < -0.39 is 27.1 Å². The van der Waals surface area contributed by atoms with Crippen LogP contribution in [0, 0.1) is 0 Å². The molecule has 0 aliphatic rings. The topological polar surface area (TPSA) is 91.2 Å². The smallest absolute Gasteiger partial charge is 0.353 e. The molecule has 22 heavy (non-hydrogen) atoms. The maximum atomic E-state index is 12.3. The molecule has 2 heterocycles. The van der Waals surface area contributed by atoms with Gasteiger partial charge in [-0.25, -0.2) is 9.67 Å². The van der Waals surface area contributed by atoms with E-state index in [-0.39, 0.29) is 17.3 Å². The summed E-state index contributed by atoms with van der Waals surface area (Å²) in [6, 6.07) is 4.29. The second-order valence-electron chi connectivity index (χ2n) is 3.75. The fourth-order valence-electron chi connectivity index (χ4n) is 1.31. The Kier molecular flexibility index (Phi) is 4.11. The normalized spacial score (nSPS) is 12.2. The SMILES string of the molecule is O=Cc1cn(-c2cccc(Cl)n2)nc1OS(=O)(=O)C(F)(F)F. The number of pyridine rings is 1. The number of hydrogen-bond acceptors (Lipinski definition) is 6. The molecule has 0 aromatic carbocycles. The van der Waals surface area contributed by atoms with E-state index in [1.54, 1.807) is 0 Å². The van der Waals surface area contributed by atoms with E-state index in [0.29, 0.717) is 0 Å². The zero-order valence-electron chi connectivity index (χ0n) is 10.3. The van der Waals surface area contributed by atoms with Gasteiger partial charge >= 0.3 is 15.6 Å². The molecule has 2 rings (SSSR count). The average molecular weight is 356 g/mol. The predicted octanol–water partition coefficient (Wildman–Crippen LogP) is 1.96. The zero-order valence-corrected chi connectivity index (χ0v) is 11.9. The number of carbonyl (C=O) groups excluding carboxylic acids is 1. The second kappa shape index (κ2) is 5.57. The molecular formula is C10H5ClF3N3O4S. The molecule has 0 N–H and O–H groups in total. The number of nitrogens with zero attached hydrogens (tertiary/aromatic N) is 3. The van der Waals surface area contributed by atoms with Crippen molar-refractivity contribution >= 4 is 28.0 Å². The van der Waals surface area contributed by atoms with E-state index in [0.717, 1.165) is 10.9 Å². The van der Waals surface area contributed by atoms with Gasteiger partial charge in [-0.2, -0.15) is 21.6 Å². The molecule has 0 atom stereocenters. The van der Waals surface area contributed by atoms with E-state index in [2.05, 4.69) is 14.3 Å². The van der Waals surface area contributed by atoms with Crippen molar-refractivity contribution in [1.29, 1.82) is 0 Å². The monoisotopic (exact) mass is 355 g/mol.